The van der Waals surface area contributed by atoms with Crippen LogP contribution in [0, 0.1) is 13.8 Å². The van der Waals surface area contributed by atoms with Crippen molar-refractivity contribution in [2.45, 2.75) is 67.9 Å². The van der Waals surface area contributed by atoms with Crippen molar-refractivity contribution >= 4 is 17.7 Å². The number of ether oxygens (including phenoxy) is 6. The monoisotopic (exact) mass is 759 g/mol. The first-order valence-electron chi connectivity index (χ1n) is 18.3. The van der Waals surface area contributed by atoms with E-state index < -0.39 is 41.1 Å². The van der Waals surface area contributed by atoms with E-state index in [1.54, 1.807) is 37.1 Å². The maximum atomic E-state index is 14.7. The number of aromatic hydroxyl groups is 2. The average molecular weight is 760 g/mol. The van der Waals surface area contributed by atoms with Gasteiger partial charge in [0.1, 0.15) is 25.2 Å². The minimum Gasteiger partial charge on any atom is -0.504 e. The Morgan fingerprint density at radius 2 is 1.85 bits per heavy atom. The number of likely N-dealkylation sites (N-methyl/N-ethyl adjacent to an activating group) is 1. The Balaban J connectivity index is 1.31. The molecule has 7 aliphatic rings. The molecule has 4 bridgehead atoms. The predicted molar refractivity (Wildman–Crippen MR) is 199 cm³/mol. The van der Waals surface area contributed by atoms with Gasteiger partial charge in [-0.1, -0.05) is 18.7 Å². The summed E-state index contributed by atoms with van der Waals surface area (Å²) in [5, 5.41) is 38.4. The molecule has 7 aliphatic heterocycles. The molecular formula is C40H45N3O10S. The van der Waals surface area contributed by atoms with E-state index in [0.717, 1.165) is 38.9 Å². The highest BCUT2D eigenvalue weighted by molar-refractivity contribution is 7.99. The number of aliphatic hydroxyl groups is 1. The van der Waals surface area contributed by atoms with E-state index in [1.165, 1.54) is 7.11 Å². The van der Waals surface area contributed by atoms with E-state index in [4.69, 9.17) is 28.4 Å². The predicted octanol–water partition coefficient (Wildman–Crippen LogP) is 4.05. The Morgan fingerprint density at radius 3 is 2.61 bits per heavy atom. The highest BCUT2D eigenvalue weighted by Crippen LogP contribution is 2.64. The second-order valence-corrected chi connectivity index (χ2v) is 16.1. The summed E-state index contributed by atoms with van der Waals surface area (Å²) in [4.78, 5) is 19.0. The van der Waals surface area contributed by atoms with Crippen molar-refractivity contribution in [1.29, 1.82) is 0 Å². The van der Waals surface area contributed by atoms with Crippen LogP contribution in [0.1, 0.15) is 61.8 Å². The van der Waals surface area contributed by atoms with Crippen molar-refractivity contribution in [3.8, 4) is 40.2 Å². The van der Waals surface area contributed by atoms with Crippen LogP contribution >= 0.6 is 11.8 Å². The summed E-state index contributed by atoms with van der Waals surface area (Å²) in [6.07, 6.45) is 1.79. The van der Waals surface area contributed by atoms with Gasteiger partial charge in [-0.15, -0.1) is 11.8 Å². The fourth-order valence-electron chi connectivity index (χ4n) is 10.0. The molecule has 54 heavy (non-hydrogen) atoms. The zero-order valence-corrected chi connectivity index (χ0v) is 31.7. The molecule has 286 valence electrons. The Labute approximate surface area is 317 Å². The normalized spacial score (nSPS) is 29.4. The number of fused-ring (bicyclic) bond motifs is 9. The Bertz CT molecular complexity index is 2090. The number of hydrogen-bond acceptors (Lipinski definition) is 14. The van der Waals surface area contributed by atoms with Crippen LogP contribution in [0.15, 0.2) is 30.9 Å². The fourth-order valence-corrected chi connectivity index (χ4v) is 11.7. The lowest BCUT2D eigenvalue weighted by atomic mass is 9.73. The van der Waals surface area contributed by atoms with E-state index in [2.05, 4.69) is 27.8 Å². The summed E-state index contributed by atoms with van der Waals surface area (Å²) in [6.45, 7) is 8.39. The van der Waals surface area contributed by atoms with Gasteiger partial charge in [0.05, 0.1) is 37.6 Å². The third-order valence-corrected chi connectivity index (χ3v) is 13.8. The van der Waals surface area contributed by atoms with Crippen LogP contribution in [0.3, 0.4) is 0 Å². The fraction of sp³-hybridized carbons (Fsp3) is 0.475. The molecule has 0 aliphatic carbocycles. The van der Waals surface area contributed by atoms with Crippen LogP contribution in [-0.2, 0) is 27.9 Å². The Hall–Kier alpha value is -4.34. The van der Waals surface area contributed by atoms with Crippen molar-refractivity contribution in [3.05, 3.63) is 75.4 Å². The van der Waals surface area contributed by atoms with Gasteiger partial charge in [-0.3, -0.25) is 15.1 Å². The molecule has 4 N–H and O–H groups in total. The molecule has 1 unspecified atom stereocenters. The van der Waals surface area contributed by atoms with E-state index in [1.807, 2.05) is 20.9 Å². The number of aryl methyl sites for hydroxylation is 1. The van der Waals surface area contributed by atoms with Gasteiger partial charge in [0.2, 0.25) is 6.79 Å². The smallest absolute Gasteiger partial charge is 0.331 e. The van der Waals surface area contributed by atoms with E-state index in [0.29, 0.717) is 47.9 Å². The Kier molecular flexibility index (Phi) is 8.43. The van der Waals surface area contributed by atoms with E-state index >= 15 is 0 Å². The summed E-state index contributed by atoms with van der Waals surface area (Å²) in [7, 11) is 5.05. The number of carbonyl (C=O) groups is 1. The largest absolute Gasteiger partial charge is 0.504 e. The van der Waals surface area contributed by atoms with Gasteiger partial charge in [0.15, 0.2) is 40.0 Å². The topological polar surface area (TPSA) is 152 Å². The number of carbonyl (C=O) groups excluding carboxylic acids is 1. The maximum absolute atomic E-state index is 14.7. The standard InChI is InChI=1S/C40H45N3O10S/c1-7-10-50-34-19(3)35-36(53-17-52-35)28-24-15-51-39(47)40(22-14-26(48-5)25(44)13-20(22)8-9-41-40)16-54-37(29(28)34)31-30-27-21(11-18(2)33(49-6)32(27)45)12-23(42(30)4)38(46)43(24)31/h7,11,13-14,23-24,30-31,37-38,41,44-46H,1,8-10,12,15-17H2,2-6H3/t23-,24-,30+,31?,37+,38-,40+/m0/s1. The number of thioether (sulfide) groups is 1. The molecule has 0 amide bonds. The second-order valence-electron chi connectivity index (χ2n) is 14.9. The first-order chi connectivity index (χ1) is 26.1. The van der Waals surface area contributed by atoms with Gasteiger partial charge >= 0.3 is 5.97 Å². The van der Waals surface area contributed by atoms with Gasteiger partial charge in [-0.25, -0.2) is 4.79 Å². The highest BCUT2D eigenvalue weighted by Gasteiger charge is 2.61. The number of aliphatic hydroxyl groups excluding tert-OH is 1. The lowest BCUT2D eigenvalue weighted by Gasteiger charge is -2.62. The lowest BCUT2D eigenvalue weighted by molar-refractivity contribution is -0.186. The molecule has 3 aromatic carbocycles. The molecule has 0 radical (unpaired) electrons. The van der Waals surface area contributed by atoms with Crippen molar-refractivity contribution in [1.82, 2.24) is 15.1 Å². The van der Waals surface area contributed by atoms with Crippen LogP contribution in [0.2, 0.25) is 0 Å². The number of nitrogens with zero attached hydrogens (tertiary/aromatic N) is 2. The van der Waals surface area contributed by atoms with Crippen LogP contribution in [0.25, 0.3) is 0 Å². The zero-order chi connectivity index (χ0) is 37.8. The minimum atomic E-state index is -1.30. The summed E-state index contributed by atoms with van der Waals surface area (Å²) in [6, 6.07) is 3.54. The molecular weight excluding hydrogens is 715 g/mol. The molecule has 14 heteroatoms. The van der Waals surface area contributed by atoms with Gasteiger partial charge in [0.25, 0.3) is 0 Å². The molecule has 10 rings (SSSR count). The van der Waals surface area contributed by atoms with Gasteiger partial charge in [-0.05, 0) is 68.1 Å². The summed E-state index contributed by atoms with van der Waals surface area (Å²) >= 11 is 1.56. The Morgan fingerprint density at radius 1 is 1.06 bits per heavy atom. The summed E-state index contributed by atoms with van der Waals surface area (Å²) in [5.74, 6) is 2.24. The molecule has 13 nitrogen and oxygen atoms in total. The van der Waals surface area contributed by atoms with E-state index in [9.17, 15) is 20.1 Å². The number of benzene rings is 3. The number of phenolic OH excluding ortho intramolecular Hbond substituents is 2. The van der Waals surface area contributed by atoms with Crippen molar-refractivity contribution in [2.24, 2.45) is 0 Å². The first-order valence-corrected chi connectivity index (χ1v) is 19.3. The van der Waals surface area contributed by atoms with Gasteiger partial charge in [0, 0.05) is 40.6 Å². The van der Waals surface area contributed by atoms with Crippen LogP contribution in [-0.4, -0.2) is 103 Å². The molecule has 0 saturated carbocycles. The van der Waals surface area contributed by atoms with E-state index in [-0.39, 0.29) is 49.0 Å². The number of phenols is 2. The number of methoxy groups -OCH3 is 2. The number of nitrogens with one attached hydrogen (secondary N) is 1. The second kappa shape index (κ2) is 12.9. The van der Waals surface area contributed by atoms with Gasteiger partial charge in [-0.2, -0.15) is 0 Å². The molecule has 1 spiro atoms. The van der Waals surface area contributed by atoms with Crippen molar-refractivity contribution in [3.63, 3.8) is 0 Å². The third kappa shape index (κ3) is 4.76. The zero-order valence-electron chi connectivity index (χ0n) is 30.9. The molecule has 3 aromatic rings. The molecule has 7 heterocycles. The average Bonchev–Trinajstić information content (AvgIpc) is 3.65. The number of esters is 1. The minimum absolute atomic E-state index is 0.00333. The summed E-state index contributed by atoms with van der Waals surface area (Å²) < 4.78 is 36.6. The molecule has 2 fully saturated rings. The number of hydrogen-bond donors (Lipinski definition) is 4. The van der Waals surface area contributed by atoms with Crippen LogP contribution < -0.4 is 29.0 Å². The first kappa shape index (κ1) is 35.4. The third-order valence-electron chi connectivity index (χ3n) is 12.4. The molecule has 2 saturated heterocycles. The molecule has 0 aromatic heterocycles. The summed E-state index contributed by atoms with van der Waals surface area (Å²) in [5.41, 5.74) is 5.12. The highest BCUT2D eigenvalue weighted by atomic mass is 32.2. The number of piperazine rings is 1. The number of rotatable bonds is 5. The van der Waals surface area contributed by atoms with Crippen molar-refractivity contribution < 1.29 is 48.5 Å². The SMILES string of the molecule is C=CCOc1c(C)c2c(c3c1[C@H]1SC[C@]4(NCCc5cc(O)c(OC)cc54)C(=O)OC[C@@H]3N3C1[C@H]1c4c(cc(C)c(OC)c4O)C[C@@H]([C@@H]3O)N1C)OCO2. The van der Waals surface area contributed by atoms with Crippen LogP contribution in [0.5, 0.6) is 40.2 Å². The van der Waals surface area contributed by atoms with Crippen molar-refractivity contribution in [2.75, 3.05) is 53.6 Å². The maximum Gasteiger partial charge on any atom is 0.331 e. The lowest BCUT2D eigenvalue weighted by Crippen LogP contribution is -2.70. The quantitative estimate of drug-likeness (QED) is 0.219. The van der Waals surface area contributed by atoms with Gasteiger partial charge < -0.3 is 43.7 Å². The van der Waals surface area contributed by atoms with Crippen LogP contribution in [0.4, 0.5) is 0 Å². The molecule has 7 atom stereocenters.